The molecular weight excluding hydrogens is 402 g/mol. The van der Waals surface area contributed by atoms with E-state index in [0.717, 1.165) is 11.6 Å². The van der Waals surface area contributed by atoms with E-state index in [4.69, 9.17) is 19.3 Å². The van der Waals surface area contributed by atoms with Crippen LogP contribution in [0.25, 0.3) is 6.08 Å². The van der Waals surface area contributed by atoms with Crippen LogP contribution in [0, 0.1) is 0 Å². The molecule has 0 saturated carbocycles. The summed E-state index contributed by atoms with van der Waals surface area (Å²) in [4.78, 5) is 37.3. The van der Waals surface area contributed by atoms with E-state index >= 15 is 0 Å². The van der Waals surface area contributed by atoms with E-state index in [-0.39, 0.29) is 18.1 Å². The Bertz CT molecular complexity index is 971. The zero-order chi connectivity index (χ0) is 22.2. The number of carboxylic acids is 1. The molecule has 2 aromatic rings. The second kappa shape index (κ2) is 10.3. The average molecular weight is 425 g/mol. The maximum absolute atomic E-state index is 12.8. The van der Waals surface area contributed by atoms with E-state index in [9.17, 15) is 14.4 Å². The number of esters is 1. The van der Waals surface area contributed by atoms with Gasteiger partial charge in [0.15, 0.2) is 11.5 Å². The van der Waals surface area contributed by atoms with Gasteiger partial charge in [-0.1, -0.05) is 36.4 Å². The molecule has 1 aliphatic rings. The van der Waals surface area contributed by atoms with E-state index in [1.54, 1.807) is 12.1 Å². The summed E-state index contributed by atoms with van der Waals surface area (Å²) in [7, 11) is 1.42. The Morgan fingerprint density at radius 2 is 1.90 bits per heavy atom. The van der Waals surface area contributed by atoms with Crippen LogP contribution in [0.1, 0.15) is 24.0 Å². The average Bonchev–Trinajstić information content (AvgIpc) is 3.27. The van der Waals surface area contributed by atoms with Crippen molar-refractivity contribution in [1.82, 2.24) is 4.90 Å². The van der Waals surface area contributed by atoms with Crippen LogP contribution in [-0.4, -0.2) is 47.7 Å². The van der Waals surface area contributed by atoms with Crippen LogP contribution in [0.5, 0.6) is 11.5 Å². The molecule has 3 rings (SSSR count). The lowest BCUT2D eigenvalue weighted by Crippen LogP contribution is -2.42. The first kappa shape index (κ1) is 21.9. The minimum absolute atomic E-state index is 0.122. The number of hydrogen-bond donors (Lipinski definition) is 1. The number of ether oxygens (including phenoxy) is 3. The smallest absolute Gasteiger partial charge is 0.410 e. The molecule has 1 amide bonds. The number of carbonyl (C=O) groups excluding carboxylic acids is 2. The highest BCUT2D eigenvalue weighted by Gasteiger charge is 2.37. The predicted molar refractivity (Wildman–Crippen MR) is 112 cm³/mol. The maximum atomic E-state index is 12.8. The Labute approximate surface area is 179 Å². The number of carbonyl (C=O) groups is 3. The highest BCUT2D eigenvalue weighted by Crippen LogP contribution is 2.30. The predicted octanol–water partition coefficient (Wildman–Crippen LogP) is 3.50. The molecule has 2 aromatic carbocycles. The Balaban J connectivity index is 1.64. The van der Waals surface area contributed by atoms with Crippen LogP contribution < -0.4 is 9.47 Å². The minimum Gasteiger partial charge on any atom is -0.493 e. The lowest BCUT2D eigenvalue weighted by molar-refractivity contribution is -0.139. The molecule has 1 atom stereocenters. The number of methoxy groups -OCH3 is 1. The zero-order valence-corrected chi connectivity index (χ0v) is 17.0. The number of amides is 1. The van der Waals surface area contributed by atoms with Crippen molar-refractivity contribution in [3.05, 3.63) is 65.7 Å². The van der Waals surface area contributed by atoms with Gasteiger partial charge in [-0.3, -0.25) is 4.90 Å². The fourth-order valence-electron chi connectivity index (χ4n) is 3.25. The van der Waals surface area contributed by atoms with Crippen LogP contribution in [0.3, 0.4) is 0 Å². The number of aliphatic carboxylic acids is 1. The fourth-order valence-corrected chi connectivity index (χ4v) is 3.25. The van der Waals surface area contributed by atoms with E-state index in [1.165, 1.54) is 24.2 Å². The van der Waals surface area contributed by atoms with Gasteiger partial charge in [0.2, 0.25) is 0 Å². The van der Waals surface area contributed by atoms with Crippen molar-refractivity contribution in [3.8, 4) is 11.5 Å². The van der Waals surface area contributed by atoms with Crippen LogP contribution >= 0.6 is 0 Å². The number of hydrogen-bond acceptors (Lipinski definition) is 6. The van der Waals surface area contributed by atoms with Crippen molar-refractivity contribution in [3.63, 3.8) is 0 Å². The maximum Gasteiger partial charge on any atom is 0.410 e. The second-order valence-corrected chi connectivity index (χ2v) is 6.89. The monoisotopic (exact) mass is 425 g/mol. The summed E-state index contributed by atoms with van der Waals surface area (Å²) < 4.78 is 16.1. The SMILES string of the molecule is COc1cc(/C=C/C(=O)O)ccc1OC(=O)[C@H]1CCCN1C(=O)OCc1ccccc1. The molecule has 162 valence electrons. The molecule has 8 heteroatoms. The summed E-state index contributed by atoms with van der Waals surface area (Å²) >= 11 is 0. The van der Waals surface area contributed by atoms with Crippen LogP contribution in [0.15, 0.2) is 54.6 Å². The summed E-state index contributed by atoms with van der Waals surface area (Å²) in [5.41, 5.74) is 1.43. The van der Waals surface area contributed by atoms with Crippen LogP contribution in [0.2, 0.25) is 0 Å². The molecule has 1 aliphatic heterocycles. The molecule has 31 heavy (non-hydrogen) atoms. The summed E-state index contributed by atoms with van der Waals surface area (Å²) in [5.74, 6) is -1.20. The van der Waals surface area contributed by atoms with Gasteiger partial charge in [-0.25, -0.2) is 14.4 Å². The number of benzene rings is 2. The second-order valence-electron chi connectivity index (χ2n) is 6.89. The summed E-state index contributed by atoms with van der Waals surface area (Å²) in [6.07, 6.45) is 2.97. The standard InChI is InChI=1S/C23H23NO7/c1-29-20-14-16(10-12-21(25)26)9-11-19(20)31-22(27)18-8-5-13-24(18)23(28)30-15-17-6-3-2-4-7-17/h2-4,6-7,9-12,14,18H,5,8,13,15H2,1H3,(H,25,26)/b12-10+/t18-/m1/s1. The first-order chi connectivity index (χ1) is 15.0. The Kier molecular flexibility index (Phi) is 7.26. The van der Waals surface area contributed by atoms with Gasteiger partial charge < -0.3 is 19.3 Å². The van der Waals surface area contributed by atoms with Crippen molar-refractivity contribution in [2.75, 3.05) is 13.7 Å². The van der Waals surface area contributed by atoms with Gasteiger partial charge >= 0.3 is 18.0 Å². The van der Waals surface area contributed by atoms with Gasteiger partial charge in [0.05, 0.1) is 7.11 Å². The third kappa shape index (κ3) is 5.85. The van der Waals surface area contributed by atoms with Gasteiger partial charge in [0.1, 0.15) is 12.6 Å². The quantitative estimate of drug-likeness (QED) is 0.411. The minimum atomic E-state index is -1.07. The van der Waals surface area contributed by atoms with E-state index in [2.05, 4.69) is 0 Å². The molecule has 1 fully saturated rings. The molecule has 0 aromatic heterocycles. The Morgan fingerprint density at radius 1 is 1.13 bits per heavy atom. The third-order valence-electron chi connectivity index (χ3n) is 4.78. The number of rotatable bonds is 7. The summed E-state index contributed by atoms with van der Waals surface area (Å²) in [6, 6.07) is 13.2. The molecule has 1 saturated heterocycles. The van der Waals surface area contributed by atoms with Crippen LogP contribution in [-0.2, 0) is 20.9 Å². The summed E-state index contributed by atoms with van der Waals surface area (Å²) in [5, 5.41) is 8.74. The van der Waals surface area contributed by atoms with Gasteiger partial charge in [-0.15, -0.1) is 0 Å². The van der Waals surface area contributed by atoms with Crippen molar-refractivity contribution < 1.29 is 33.7 Å². The molecule has 0 spiro atoms. The summed E-state index contributed by atoms with van der Waals surface area (Å²) in [6.45, 7) is 0.528. The highest BCUT2D eigenvalue weighted by molar-refractivity contribution is 5.86. The number of likely N-dealkylation sites (tertiary alicyclic amines) is 1. The molecule has 0 radical (unpaired) electrons. The van der Waals surface area contributed by atoms with E-state index in [0.29, 0.717) is 24.9 Å². The zero-order valence-electron chi connectivity index (χ0n) is 17.0. The van der Waals surface area contributed by atoms with Crippen molar-refractivity contribution in [2.24, 2.45) is 0 Å². The molecular formula is C23H23NO7. The number of carboxylic acid groups (broad SMARTS) is 1. The van der Waals surface area contributed by atoms with Gasteiger partial charge in [0, 0.05) is 12.6 Å². The van der Waals surface area contributed by atoms with Crippen molar-refractivity contribution in [2.45, 2.75) is 25.5 Å². The van der Waals surface area contributed by atoms with Crippen LogP contribution in [0.4, 0.5) is 4.79 Å². The van der Waals surface area contributed by atoms with Gasteiger partial charge in [-0.2, -0.15) is 0 Å². The Hall–Kier alpha value is -3.81. The molecule has 0 aliphatic carbocycles. The first-order valence-corrected chi connectivity index (χ1v) is 9.76. The lowest BCUT2D eigenvalue weighted by atomic mass is 10.2. The molecule has 8 nitrogen and oxygen atoms in total. The van der Waals surface area contributed by atoms with Gasteiger partial charge in [0.25, 0.3) is 0 Å². The topological polar surface area (TPSA) is 102 Å². The van der Waals surface area contributed by atoms with E-state index < -0.39 is 24.1 Å². The largest absolute Gasteiger partial charge is 0.493 e. The highest BCUT2D eigenvalue weighted by atomic mass is 16.6. The van der Waals surface area contributed by atoms with Gasteiger partial charge in [-0.05, 0) is 42.2 Å². The molecule has 1 heterocycles. The fraction of sp³-hybridized carbons (Fsp3) is 0.261. The molecule has 0 bridgehead atoms. The van der Waals surface area contributed by atoms with Crippen molar-refractivity contribution in [1.29, 1.82) is 0 Å². The first-order valence-electron chi connectivity index (χ1n) is 9.76. The number of nitrogens with zero attached hydrogens (tertiary/aromatic N) is 1. The molecule has 0 unspecified atom stereocenters. The van der Waals surface area contributed by atoms with Crippen molar-refractivity contribution >= 4 is 24.1 Å². The van der Waals surface area contributed by atoms with E-state index in [1.807, 2.05) is 30.3 Å². The lowest BCUT2D eigenvalue weighted by Gasteiger charge is -2.23. The molecule has 1 N–H and O–H groups in total. The third-order valence-corrected chi connectivity index (χ3v) is 4.78. The normalized spacial score (nSPS) is 15.6. The Morgan fingerprint density at radius 3 is 2.61 bits per heavy atom.